The Morgan fingerprint density at radius 1 is 0.706 bits per heavy atom. The van der Waals surface area contributed by atoms with E-state index in [2.05, 4.69) is 0 Å². The molecular weight excluding hydrogens is 212 g/mol. The molecule has 0 radical (unpaired) electrons. The molecule has 2 nitrogen and oxygen atoms in total. The predicted octanol–water partition coefficient (Wildman–Crippen LogP) is 2.95. The molecule has 17 heavy (non-hydrogen) atoms. The number of benzene rings is 1. The van der Waals surface area contributed by atoms with Gasteiger partial charge < -0.3 is 0 Å². The number of ketones is 2. The van der Waals surface area contributed by atoms with Crippen LogP contribution in [0.1, 0.15) is 26.3 Å². The van der Waals surface area contributed by atoms with Gasteiger partial charge in [-0.3, -0.25) is 9.59 Å². The van der Waals surface area contributed by atoms with E-state index in [0.29, 0.717) is 22.3 Å². The second-order valence-corrected chi connectivity index (χ2v) is 4.27. The van der Waals surface area contributed by atoms with Crippen LogP contribution in [0.2, 0.25) is 0 Å². The summed E-state index contributed by atoms with van der Waals surface area (Å²) in [5.41, 5.74) is 3.02. The molecule has 0 unspecified atom stereocenters. The average molecular weight is 226 g/mol. The third-order valence-electron chi connectivity index (χ3n) is 3.25. The van der Waals surface area contributed by atoms with Crippen molar-refractivity contribution in [2.75, 3.05) is 0 Å². The Labute approximate surface area is 101 Å². The molecular formula is C15H14O2. The smallest absolute Gasteiger partial charge is 0.190 e. The predicted molar refractivity (Wildman–Crippen MR) is 67.4 cm³/mol. The van der Waals surface area contributed by atoms with Gasteiger partial charge in [0.1, 0.15) is 0 Å². The maximum atomic E-state index is 12.2. The van der Waals surface area contributed by atoms with Gasteiger partial charge in [0.05, 0.1) is 0 Å². The Morgan fingerprint density at radius 3 is 1.82 bits per heavy atom. The topological polar surface area (TPSA) is 34.1 Å². The van der Waals surface area contributed by atoms with Gasteiger partial charge in [0.2, 0.25) is 0 Å². The van der Waals surface area contributed by atoms with Gasteiger partial charge in [-0.05, 0) is 26.3 Å². The minimum Gasteiger partial charge on any atom is -0.289 e. The Morgan fingerprint density at radius 2 is 1.24 bits per heavy atom. The summed E-state index contributed by atoms with van der Waals surface area (Å²) >= 11 is 0. The molecule has 0 heterocycles. The van der Waals surface area contributed by atoms with Gasteiger partial charge in [0.15, 0.2) is 11.6 Å². The summed E-state index contributed by atoms with van der Waals surface area (Å²) in [4.78, 5) is 24.2. The van der Waals surface area contributed by atoms with Gasteiger partial charge in [-0.15, -0.1) is 0 Å². The van der Waals surface area contributed by atoms with E-state index >= 15 is 0 Å². The second-order valence-electron chi connectivity index (χ2n) is 4.27. The number of carbonyl (C=O) groups is 2. The zero-order valence-electron chi connectivity index (χ0n) is 10.2. The van der Waals surface area contributed by atoms with E-state index < -0.39 is 0 Å². The first-order valence-electron chi connectivity index (χ1n) is 5.57. The fourth-order valence-electron chi connectivity index (χ4n) is 2.05. The first kappa shape index (κ1) is 11.5. The van der Waals surface area contributed by atoms with Crippen molar-refractivity contribution in [1.82, 2.24) is 0 Å². The molecule has 0 aromatic heterocycles. The lowest BCUT2D eigenvalue weighted by atomic mass is 9.83. The van der Waals surface area contributed by atoms with Gasteiger partial charge in [-0.25, -0.2) is 0 Å². The van der Waals surface area contributed by atoms with Crippen molar-refractivity contribution in [3.63, 3.8) is 0 Å². The molecule has 0 amide bonds. The maximum absolute atomic E-state index is 12.2. The van der Waals surface area contributed by atoms with Crippen molar-refractivity contribution in [3.05, 3.63) is 52.6 Å². The summed E-state index contributed by atoms with van der Waals surface area (Å²) in [5.74, 6) is -0.0632. The summed E-state index contributed by atoms with van der Waals surface area (Å²) in [6, 6.07) is 9.35. The van der Waals surface area contributed by atoms with Crippen molar-refractivity contribution < 1.29 is 9.59 Å². The van der Waals surface area contributed by atoms with Crippen molar-refractivity contribution in [2.24, 2.45) is 0 Å². The Bertz CT molecular complexity index is 560. The van der Waals surface area contributed by atoms with E-state index in [4.69, 9.17) is 0 Å². The zero-order valence-corrected chi connectivity index (χ0v) is 10.2. The highest BCUT2D eigenvalue weighted by molar-refractivity contribution is 6.39. The lowest BCUT2D eigenvalue weighted by Crippen LogP contribution is -2.19. The minimum absolute atomic E-state index is 0.0269. The van der Waals surface area contributed by atoms with Crippen LogP contribution in [0.25, 0.3) is 5.57 Å². The molecule has 0 spiro atoms. The molecule has 2 heteroatoms. The van der Waals surface area contributed by atoms with Gasteiger partial charge in [0, 0.05) is 22.3 Å². The molecule has 86 valence electrons. The summed E-state index contributed by atoms with van der Waals surface area (Å²) in [6.45, 7) is 5.14. The largest absolute Gasteiger partial charge is 0.289 e. The Kier molecular flexibility index (Phi) is 2.80. The Hall–Kier alpha value is -1.96. The summed E-state index contributed by atoms with van der Waals surface area (Å²) < 4.78 is 0. The highest BCUT2D eigenvalue weighted by Crippen LogP contribution is 2.30. The number of hydrogen-bond acceptors (Lipinski definition) is 2. The van der Waals surface area contributed by atoms with Crippen molar-refractivity contribution >= 4 is 17.1 Å². The molecule has 0 saturated carbocycles. The van der Waals surface area contributed by atoms with E-state index in [1.165, 1.54) is 0 Å². The lowest BCUT2D eigenvalue weighted by Gasteiger charge is -2.18. The number of hydrogen-bond donors (Lipinski definition) is 0. The van der Waals surface area contributed by atoms with E-state index in [-0.39, 0.29) is 11.6 Å². The van der Waals surface area contributed by atoms with E-state index in [1.807, 2.05) is 30.3 Å². The van der Waals surface area contributed by atoms with Gasteiger partial charge in [-0.2, -0.15) is 0 Å². The summed E-state index contributed by atoms with van der Waals surface area (Å²) in [6.07, 6.45) is 0. The molecule has 1 aromatic rings. The van der Waals surface area contributed by atoms with E-state index in [9.17, 15) is 9.59 Å². The molecule has 0 atom stereocenters. The number of Topliss-reactive ketones (excluding diaryl/α,β-unsaturated/α-hetero) is 2. The maximum Gasteiger partial charge on any atom is 0.190 e. The highest BCUT2D eigenvalue weighted by Gasteiger charge is 2.28. The monoisotopic (exact) mass is 226 g/mol. The van der Waals surface area contributed by atoms with Crippen LogP contribution in [0.4, 0.5) is 0 Å². The Balaban J connectivity index is 2.63. The van der Waals surface area contributed by atoms with Crippen LogP contribution in [0, 0.1) is 0 Å². The summed E-state index contributed by atoms with van der Waals surface area (Å²) in [5, 5.41) is 0. The standard InChI is InChI=1S/C15H14O2/c1-9-10(2)15(17)13(11(3)14(9)16)12-7-5-4-6-8-12/h4-8H,1-3H3. The fraction of sp³-hybridized carbons (Fsp3) is 0.200. The van der Waals surface area contributed by atoms with Crippen LogP contribution < -0.4 is 0 Å². The lowest BCUT2D eigenvalue weighted by molar-refractivity contribution is -0.115. The van der Waals surface area contributed by atoms with Crippen LogP contribution in [-0.4, -0.2) is 11.6 Å². The van der Waals surface area contributed by atoms with Crippen molar-refractivity contribution in [3.8, 4) is 0 Å². The molecule has 1 aliphatic rings. The molecule has 0 saturated heterocycles. The van der Waals surface area contributed by atoms with Crippen LogP contribution in [0.5, 0.6) is 0 Å². The van der Waals surface area contributed by atoms with Crippen LogP contribution in [0.3, 0.4) is 0 Å². The molecule has 0 aliphatic heterocycles. The molecule has 0 bridgehead atoms. The van der Waals surface area contributed by atoms with Crippen LogP contribution >= 0.6 is 0 Å². The fourth-order valence-corrected chi connectivity index (χ4v) is 2.05. The number of rotatable bonds is 1. The molecule has 2 rings (SSSR count). The highest BCUT2D eigenvalue weighted by atomic mass is 16.1. The van der Waals surface area contributed by atoms with Gasteiger partial charge in [-0.1, -0.05) is 30.3 Å². The minimum atomic E-state index is -0.0363. The molecule has 1 aromatic carbocycles. The molecule has 0 fully saturated rings. The average Bonchev–Trinajstić information content (AvgIpc) is 2.36. The first-order valence-corrected chi connectivity index (χ1v) is 5.57. The molecule has 0 N–H and O–H groups in total. The third kappa shape index (κ3) is 1.76. The summed E-state index contributed by atoms with van der Waals surface area (Å²) in [7, 11) is 0. The zero-order chi connectivity index (χ0) is 12.6. The third-order valence-corrected chi connectivity index (χ3v) is 3.25. The normalized spacial score (nSPS) is 16.9. The van der Waals surface area contributed by atoms with Crippen molar-refractivity contribution in [2.45, 2.75) is 20.8 Å². The van der Waals surface area contributed by atoms with Crippen LogP contribution in [-0.2, 0) is 9.59 Å². The van der Waals surface area contributed by atoms with E-state index in [1.54, 1.807) is 20.8 Å². The van der Waals surface area contributed by atoms with Crippen LogP contribution in [0.15, 0.2) is 47.1 Å². The van der Waals surface area contributed by atoms with E-state index in [0.717, 1.165) is 5.56 Å². The van der Waals surface area contributed by atoms with Gasteiger partial charge in [0.25, 0.3) is 0 Å². The SMILES string of the molecule is CC1=C(C)C(=O)C(c2ccccc2)=C(C)C1=O. The molecule has 1 aliphatic carbocycles. The first-order chi connectivity index (χ1) is 8.04. The quantitative estimate of drug-likeness (QED) is 0.690. The van der Waals surface area contributed by atoms with Gasteiger partial charge >= 0.3 is 0 Å². The second kappa shape index (κ2) is 4.13. The number of allylic oxidation sites excluding steroid dienone is 4. The number of carbonyl (C=O) groups excluding carboxylic acids is 2. The van der Waals surface area contributed by atoms with Crippen molar-refractivity contribution in [1.29, 1.82) is 0 Å².